The van der Waals surface area contributed by atoms with Crippen molar-refractivity contribution in [2.75, 3.05) is 0 Å². The van der Waals surface area contributed by atoms with Gasteiger partial charge in [-0.3, -0.25) is 0 Å². The Labute approximate surface area is 99.6 Å². The SMILES string of the molecule is CC1/C=C\CC(C)C2OC2CC(C)/C=C\C1. The van der Waals surface area contributed by atoms with Crippen LogP contribution in [0.4, 0.5) is 0 Å². The van der Waals surface area contributed by atoms with Crippen molar-refractivity contribution in [3.8, 4) is 0 Å². The van der Waals surface area contributed by atoms with Crippen molar-refractivity contribution in [1.29, 1.82) is 0 Å². The third-order valence-corrected chi connectivity index (χ3v) is 3.73. The number of fused-ring (bicyclic) bond motifs is 1. The molecule has 1 fully saturated rings. The normalized spacial score (nSPS) is 48.3. The van der Waals surface area contributed by atoms with Crippen LogP contribution in [0.5, 0.6) is 0 Å². The fourth-order valence-electron chi connectivity index (χ4n) is 2.56. The summed E-state index contributed by atoms with van der Waals surface area (Å²) in [6.07, 6.45) is 14.0. The monoisotopic (exact) mass is 220 g/mol. The average molecular weight is 220 g/mol. The van der Waals surface area contributed by atoms with E-state index in [4.69, 9.17) is 4.74 Å². The Kier molecular flexibility index (Phi) is 3.86. The number of rotatable bonds is 0. The van der Waals surface area contributed by atoms with Gasteiger partial charge in [-0.2, -0.15) is 0 Å². The van der Waals surface area contributed by atoms with Crippen molar-refractivity contribution in [3.05, 3.63) is 24.3 Å². The van der Waals surface area contributed by atoms with Gasteiger partial charge < -0.3 is 4.74 Å². The number of allylic oxidation sites excluding steroid dienone is 4. The molecule has 16 heavy (non-hydrogen) atoms. The van der Waals surface area contributed by atoms with Crippen LogP contribution < -0.4 is 0 Å². The second-order valence-corrected chi connectivity index (χ2v) is 5.63. The molecule has 1 heteroatoms. The van der Waals surface area contributed by atoms with E-state index in [1.807, 2.05) is 0 Å². The Hall–Kier alpha value is -0.560. The molecule has 5 atom stereocenters. The third kappa shape index (κ3) is 3.21. The number of hydrogen-bond donors (Lipinski definition) is 0. The first-order valence-corrected chi connectivity index (χ1v) is 6.65. The fraction of sp³-hybridized carbons (Fsp3) is 0.733. The molecule has 0 N–H and O–H groups in total. The molecule has 5 unspecified atom stereocenters. The standard InChI is InChI=1S/C15H24O/c1-11-6-4-8-12(2)10-14-15(16-14)13(3)9-5-7-11/h4-5,7-8,11-15H,6,9-10H2,1-3H3/b7-5-,8-4-. The van der Waals surface area contributed by atoms with Gasteiger partial charge in [-0.05, 0) is 37.0 Å². The van der Waals surface area contributed by atoms with Gasteiger partial charge in [-0.1, -0.05) is 45.1 Å². The predicted molar refractivity (Wildman–Crippen MR) is 68.3 cm³/mol. The molecule has 2 aliphatic rings. The highest BCUT2D eigenvalue weighted by molar-refractivity contribution is 5.00. The summed E-state index contributed by atoms with van der Waals surface area (Å²) in [5.41, 5.74) is 0. The molecule has 1 heterocycles. The fourth-order valence-corrected chi connectivity index (χ4v) is 2.56. The zero-order valence-electron chi connectivity index (χ0n) is 10.7. The molecule has 1 nitrogen and oxygen atoms in total. The number of hydrogen-bond acceptors (Lipinski definition) is 1. The molecular formula is C15H24O. The van der Waals surface area contributed by atoms with Crippen LogP contribution in [0.2, 0.25) is 0 Å². The van der Waals surface area contributed by atoms with E-state index in [0.717, 1.165) is 0 Å². The van der Waals surface area contributed by atoms with Crippen LogP contribution in [0.25, 0.3) is 0 Å². The first kappa shape index (κ1) is 11.9. The molecule has 2 rings (SSSR count). The van der Waals surface area contributed by atoms with Crippen LogP contribution in [-0.2, 0) is 4.74 Å². The van der Waals surface area contributed by atoms with Crippen LogP contribution in [-0.4, -0.2) is 12.2 Å². The van der Waals surface area contributed by atoms with Crippen LogP contribution in [0, 0.1) is 17.8 Å². The van der Waals surface area contributed by atoms with Crippen molar-refractivity contribution < 1.29 is 4.74 Å². The Morgan fingerprint density at radius 2 is 1.62 bits per heavy atom. The second kappa shape index (κ2) is 5.18. The minimum atomic E-state index is 0.523. The van der Waals surface area contributed by atoms with Crippen LogP contribution >= 0.6 is 0 Å². The molecule has 0 spiro atoms. The Bertz CT molecular complexity index is 279. The van der Waals surface area contributed by atoms with E-state index in [0.29, 0.717) is 30.0 Å². The van der Waals surface area contributed by atoms with Crippen LogP contribution in [0.1, 0.15) is 40.0 Å². The molecule has 1 aliphatic heterocycles. The van der Waals surface area contributed by atoms with Crippen molar-refractivity contribution >= 4 is 0 Å². The molecule has 0 amide bonds. The van der Waals surface area contributed by atoms with E-state index in [-0.39, 0.29) is 0 Å². The minimum absolute atomic E-state index is 0.523. The van der Waals surface area contributed by atoms with Crippen molar-refractivity contribution in [2.45, 2.75) is 52.2 Å². The van der Waals surface area contributed by atoms with Gasteiger partial charge in [0.05, 0.1) is 12.2 Å². The summed E-state index contributed by atoms with van der Waals surface area (Å²) in [6, 6.07) is 0. The van der Waals surface area contributed by atoms with Crippen molar-refractivity contribution in [2.24, 2.45) is 17.8 Å². The molecule has 0 bridgehead atoms. The molecule has 0 saturated carbocycles. The van der Waals surface area contributed by atoms with E-state index in [9.17, 15) is 0 Å². The van der Waals surface area contributed by atoms with E-state index >= 15 is 0 Å². The van der Waals surface area contributed by atoms with Gasteiger partial charge in [0.25, 0.3) is 0 Å². The van der Waals surface area contributed by atoms with Gasteiger partial charge in [0, 0.05) is 0 Å². The van der Waals surface area contributed by atoms with E-state index in [2.05, 4.69) is 45.1 Å². The highest BCUT2D eigenvalue weighted by atomic mass is 16.6. The van der Waals surface area contributed by atoms with Crippen LogP contribution in [0.3, 0.4) is 0 Å². The van der Waals surface area contributed by atoms with Gasteiger partial charge in [0.2, 0.25) is 0 Å². The Morgan fingerprint density at radius 1 is 0.938 bits per heavy atom. The lowest BCUT2D eigenvalue weighted by Crippen LogP contribution is -2.08. The lowest BCUT2D eigenvalue weighted by molar-refractivity contribution is 0.317. The van der Waals surface area contributed by atoms with Gasteiger partial charge >= 0.3 is 0 Å². The summed E-state index contributed by atoms with van der Waals surface area (Å²) >= 11 is 0. The lowest BCUT2D eigenvalue weighted by atomic mass is 9.94. The Balaban J connectivity index is 1.98. The van der Waals surface area contributed by atoms with Gasteiger partial charge in [0.1, 0.15) is 0 Å². The maximum absolute atomic E-state index is 5.77. The van der Waals surface area contributed by atoms with E-state index in [1.165, 1.54) is 19.3 Å². The summed E-state index contributed by atoms with van der Waals surface area (Å²) < 4.78 is 5.77. The lowest BCUT2D eigenvalue weighted by Gasteiger charge is -2.09. The highest BCUT2D eigenvalue weighted by Gasteiger charge is 2.42. The first-order chi connectivity index (χ1) is 7.66. The quantitative estimate of drug-likeness (QED) is 0.445. The van der Waals surface area contributed by atoms with Crippen LogP contribution in [0.15, 0.2) is 24.3 Å². The van der Waals surface area contributed by atoms with Gasteiger partial charge in [-0.25, -0.2) is 0 Å². The second-order valence-electron chi connectivity index (χ2n) is 5.63. The van der Waals surface area contributed by atoms with E-state index in [1.54, 1.807) is 0 Å². The smallest absolute Gasteiger partial charge is 0.0870 e. The number of epoxide rings is 1. The first-order valence-electron chi connectivity index (χ1n) is 6.65. The zero-order valence-corrected chi connectivity index (χ0v) is 10.7. The number of ether oxygens (including phenoxy) is 1. The molecule has 0 radical (unpaired) electrons. The molecule has 1 saturated heterocycles. The minimum Gasteiger partial charge on any atom is -0.369 e. The molecule has 90 valence electrons. The summed E-state index contributed by atoms with van der Waals surface area (Å²) in [4.78, 5) is 0. The van der Waals surface area contributed by atoms with E-state index < -0.39 is 0 Å². The Morgan fingerprint density at radius 3 is 2.44 bits per heavy atom. The largest absolute Gasteiger partial charge is 0.369 e. The summed E-state index contributed by atoms with van der Waals surface area (Å²) in [6.45, 7) is 6.90. The van der Waals surface area contributed by atoms with Gasteiger partial charge in [-0.15, -0.1) is 0 Å². The summed E-state index contributed by atoms with van der Waals surface area (Å²) in [5.74, 6) is 2.02. The topological polar surface area (TPSA) is 12.5 Å². The van der Waals surface area contributed by atoms with Gasteiger partial charge in [0.15, 0.2) is 0 Å². The molecule has 0 aromatic heterocycles. The maximum Gasteiger partial charge on any atom is 0.0870 e. The maximum atomic E-state index is 5.77. The van der Waals surface area contributed by atoms with Crippen molar-refractivity contribution in [1.82, 2.24) is 0 Å². The highest BCUT2D eigenvalue weighted by Crippen LogP contribution is 2.36. The third-order valence-electron chi connectivity index (χ3n) is 3.73. The summed E-state index contributed by atoms with van der Waals surface area (Å²) in [7, 11) is 0. The molecule has 0 aromatic rings. The molecule has 1 aliphatic carbocycles. The average Bonchev–Trinajstić information content (AvgIpc) is 2.95. The predicted octanol–water partition coefficient (Wildman–Crippen LogP) is 3.96. The molecular weight excluding hydrogens is 196 g/mol. The molecule has 0 aromatic carbocycles. The van der Waals surface area contributed by atoms with Crippen molar-refractivity contribution in [3.63, 3.8) is 0 Å². The zero-order chi connectivity index (χ0) is 11.5. The summed E-state index contributed by atoms with van der Waals surface area (Å²) in [5, 5.41) is 0.